The third-order valence-electron chi connectivity index (χ3n) is 2.34. The molecule has 1 radical (unpaired) electrons. The molecule has 1 aromatic rings. The maximum Gasteiger partial charge on any atom is -0.00941 e. The fourth-order valence-electron chi connectivity index (χ4n) is 1.38. The lowest BCUT2D eigenvalue weighted by atomic mass is 9.99. The van der Waals surface area contributed by atoms with Gasteiger partial charge in [-0.15, -0.1) is 0 Å². The lowest BCUT2D eigenvalue weighted by Crippen LogP contribution is -1.90. The van der Waals surface area contributed by atoms with Gasteiger partial charge in [-0.25, -0.2) is 0 Å². The summed E-state index contributed by atoms with van der Waals surface area (Å²) in [6, 6.07) is 4.40. The van der Waals surface area contributed by atoms with Gasteiger partial charge in [-0.2, -0.15) is 0 Å². The van der Waals surface area contributed by atoms with Crippen LogP contribution in [-0.4, -0.2) is 0 Å². The Balaban J connectivity index is 3.11. The fourth-order valence-corrected chi connectivity index (χ4v) is 1.38. The minimum atomic E-state index is 0.863. The number of allylic oxidation sites excluding steroid dienone is 1. The maximum atomic E-state index is 5.37. The van der Waals surface area contributed by atoms with Gasteiger partial charge >= 0.3 is 0 Å². The van der Waals surface area contributed by atoms with Crippen molar-refractivity contribution < 1.29 is 0 Å². The van der Waals surface area contributed by atoms with Crippen molar-refractivity contribution in [3.8, 4) is 0 Å². The highest BCUT2D eigenvalue weighted by Gasteiger charge is 1.98. The van der Waals surface area contributed by atoms with Crippen LogP contribution in [0.5, 0.6) is 0 Å². The van der Waals surface area contributed by atoms with Gasteiger partial charge in [0, 0.05) is 0 Å². The van der Waals surface area contributed by atoms with Crippen LogP contribution in [0.3, 0.4) is 0 Å². The summed E-state index contributed by atoms with van der Waals surface area (Å²) in [4.78, 5) is 0. The Labute approximate surface area is 74.9 Å². The standard InChI is InChI=1S/C12H15/c1-5-6-12-7-9(2)11(4)10(3)8-12/h1,5,7-8H,6H2,2-4H3. The van der Waals surface area contributed by atoms with Crippen molar-refractivity contribution in [2.75, 3.05) is 0 Å². The summed E-state index contributed by atoms with van der Waals surface area (Å²) >= 11 is 0. The van der Waals surface area contributed by atoms with E-state index >= 15 is 0 Å². The van der Waals surface area contributed by atoms with E-state index in [9.17, 15) is 0 Å². The minimum Gasteiger partial charge on any atom is -0.0801 e. The van der Waals surface area contributed by atoms with Gasteiger partial charge < -0.3 is 0 Å². The third kappa shape index (κ3) is 1.76. The Bertz CT molecular complexity index is 272. The molecule has 0 nitrogen and oxygen atoms in total. The molecule has 0 spiro atoms. The average Bonchev–Trinajstić information content (AvgIpc) is 2.01. The van der Waals surface area contributed by atoms with E-state index in [1.165, 1.54) is 22.3 Å². The van der Waals surface area contributed by atoms with Gasteiger partial charge in [-0.05, 0) is 49.4 Å². The predicted octanol–water partition coefficient (Wildman–Crippen LogP) is 3.14. The van der Waals surface area contributed by atoms with Crippen LogP contribution in [0.4, 0.5) is 0 Å². The molecule has 0 amide bonds. The van der Waals surface area contributed by atoms with E-state index in [4.69, 9.17) is 6.58 Å². The van der Waals surface area contributed by atoms with Gasteiger partial charge in [0.15, 0.2) is 0 Å². The topological polar surface area (TPSA) is 0 Å². The molecule has 0 atom stereocenters. The number of aryl methyl sites for hydroxylation is 2. The van der Waals surface area contributed by atoms with Crippen LogP contribution in [0, 0.1) is 27.4 Å². The molecule has 1 aromatic carbocycles. The lowest BCUT2D eigenvalue weighted by Gasteiger charge is -2.07. The molecule has 0 saturated carbocycles. The van der Waals surface area contributed by atoms with Gasteiger partial charge in [0.05, 0.1) is 0 Å². The van der Waals surface area contributed by atoms with Crippen LogP contribution in [0.25, 0.3) is 0 Å². The largest absolute Gasteiger partial charge is 0.0801 e. The van der Waals surface area contributed by atoms with Crippen molar-refractivity contribution in [1.82, 2.24) is 0 Å². The summed E-state index contributed by atoms with van der Waals surface area (Å²) in [5.74, 6) is 0. The van der Waals surface area contributed by atoms with Gasteiger partial charge in [-0.1, -0.05) is 24.8 Å². The van der Waals surface area contributed by atoms with E-state index in [1.807, 2.05) is 0 Å². The summed E-state index contributed by atoms with van der Waals surface area (Å²) in [5.41, 5.74) is 5.40. The minimum absolute atomic E-state index is 0.863. The first-order valence-electron chi connectivity index (χ1n) is 4.25. The summed E-state index contributed by atoms with van der Waals surface area (Å²) in [6.07, 6.45) is 2.56. The van der Waals surface area contributed by atoms with Crippen LogP contribution in [0.1, 0.15) is 22.3 Å². The molecule has 0 heterocycles. The predicted molar refractivity (Wildman–Crippen MR) is 53.2 cm³/mol. The van der Waals surface area contributed by atoms with Crippen molar-refractivity contribution in [3.63, 3.8) is 0 Å². The monoisotopic (exact) mass is 159 g/mol. The number of benzene rings is 1. The molecule has 1 rings (SSSR count). The maximum absolute atomic E-state index is 5.37. The summed E-state index contributed by atoms with van der Waals surface area (Å²) in [5, 5.41) is 0. The number of hydrogen-bond acceptors (Lipinski definition) is 0. The molecule has 0 fully saturated rings. The van der Waals surface area contributed by atoms with E-state index in [2.05, 4.69) is 32.9 Å². The van der Waals surface area contributed by atoms with E-state index in [1.54, 1.807) is 6.08 Å². The van der Waals surface area contributed by atoms with Crippen LogP contribution in [0.2, 0.25) is 0 Å². The molecule has 0 unspecified atom stereocenters. The number of rotatable bonds is 2. The number of hydrogen-bond donors (Lipinski definition) is 0. The van der Waals surface area contributed by atoms with Crippen molar-refractivity contribution in [1.29, 1.82) is 0 Å². The van der Waals surface area contributed by atoms with Crippen LogP contribution in [-0.2, 0) is 6.42 Å². The first-order chi connectivity index (χ1) is 5.65. The van der Waals surface area contributed by atoms with Crippen molar-refractivity contribution >= 4 is 0 Å². The van der Waals surface area contributed by atoms with Crippen molar-refractivity contribution in [3.05, 3.63) is 47.0 Å². The van der Waals surface area contributed by atoms with Crippen LogP contribution >= 0.6 is 0 Å². The second kappa shape index (κ2) is 3.57. The molecule has 0 aromatic heterocycles. The summed E-state index contributed by atoms with van der Waals surface area (Å²) in [7, 11) is 0. The Kier molecular flexibility index (Phi) is 2.69. The van der Waals surface area contributed by atoms with Gasteiger partial charge in [0.2, 0.25) is 0 Å². The molecule has 0 saturated heterocycles. The molecule has 0 aliphatic rings. The zero-order valence-electron chi connectivity index (χ0n) is 8.02. The van der Waals surface area contributed by atoms with Gasteiger partial charge in [0.1, 0.15) is 0 Å². The van der Waals surface area contributed by atoms with E-state index in [0.717, 1.165) is 6.42 Å². The highest BCUT2D eigenvalue weighted by atomic mass is 14.0. The van der Waals surface area contributed by atoms with E-state index in [0.29, 0.717) is 0 Å². The highest BCUT2D eigenvalue weighted by Crippen LogP contribution is 2.15. The Morgan fingerprint density at radius 2 is 1.67 bits per heavy atom. The Morgan fingerprint density at radius 1 is 1.17 bits per heavy atom. The molecule has 0 N–H and O–H groups in total. The SMILES string of the molecule is [CH]=CCc1cc(C)c(C)c(C)c1. The Hall–Kier alpha value is -1.04. The first kappa shape index (κ1) is 9.05. The quantitative estimate of drug-likeness (QED) is 0.622. The summed E-state index contributed by atoms with van der Waals surface area (Å²) in [6.45, 7) is 11.8. The van der Waals surface area contributed by atoms with Crippen molar-refractivity contribution in [2.24, 2.45) is 0 Å². The van der Waals surface area contributed by atoms with E-state index < -0.39 is 0 Å². The zero-order chi connectivity index (χ0) is 9.14. The van der Waals surface area contributed by atoms with Gasteiger partial charge in [0.25, 0.3) is 0 Å². The average molecular weight is 159 g/mol. The second-order valence-electron chi connectivity index (χ2n) is 3.29. The van der Waals surface area contributed by atoms with E-state index in [-0.39, 0.29) is 0 Å². The normalized spacial score (nSPS) is 9.92. The Morgan fingerprint density at radius 3 is 2.08 bits per heavy atom. The highest BCUT2D eigenvalue weighted by molar-refractivity contribution is 5.37. The fraction of sp³-hybridized carbons (Fsp3) is 0.333. The molecule has 0 heteroatoms. The molecule has 12 heavy (non-hydrogen) atoms. The van der Waals surface area contributed by atoms with Crippen LogP contribution in [0.15, 0.2) is 18.2 Å². The molecule has 63 valence electrons. The zero-order valence-corrected chi connectivity index (χ0v) is 8.02. The molecule has 0 bridgehead atoms. The summed E-state index contributed by atoms with van der Waals surface area (Å²) < 4.78 is 0. The lowest BCUT2D eigenvalue weighted by molar-refractivity contribution is 1.18. The molecular formula is C12H15. The second-order valence-corrected chi connectivity index (χ2v) is 3.29. The van der Waals surface area contributed by atoms with Gasteiger partial charge in [-0.3, -0.25) is 0 Å². The van der Waals surface area contributed by atoms with Crippen LogP contribution < -0.4 is 0 Å². The molecule has 0 aliphatic heterocycles. The smallest absolute Gasteiger partial charge is 0.00941 e. The first-order valence-corrected chi connectivity index (χ1v) is 4.25. The molecule has 0 aliphatic carbocycles. The third-order valence-corrected chi connectivity index (χ3v) is 2.34. The molecular weight excluding hydrogens is 144 g/mol. The van der Waals surface area contributed by atoms with Crippen molar-refractivity contribution in [2.45, 2.75) is 27.2 Å².